The van der Waals surface area contributed by atoms with E-state index in [0.717, 1.165) is 11.8 Å². The van der Waals surface area contributed by atoms with Gasteiger partial charge in [-0.1, -0.05) is 19.1 Å². The molecule has 1 aromatic carbocycles. The Hall–Kier alpha value is -1.16. The van der Waals surface area contributed by atoms with Crippen LogP contribution in [-0.4, -0.2) is 20.5 Å². The number of hydrogen-bond donors (Lipinski definition) is 0. The number of aldehydes is 1. The molecule has 1 rings (SSSR count). The number of carbonyl (C=O) groups is 1. The maximum atomic E-state index is 11.7. The molecule has 0 aliphatic rings. The Labute approximate surface area is 96.4 Å². The van der Waals surface area contributed by atoms with E-state index in [1.807, 2.05) is 0 Å². The van der Waals surface area contributed by atoms with Crippen molar-refractivity contribution in [3.05, 3.63) is 29.8 Å². The fraction of sp³-hybridized carbons (Fsp3) is 0.417. The fourth-order valence-electron chi connectivity index (χ4n) is 1.33. The molecule has 3 nitrogen and oxygen atoms in total. The highest BCUT2D eigenvalue weighted by Gasteiger charge is 2.21. The molecule has 4 heteroatoms. The van der Waals surface area contributed by atoms with Gasteiger partial charge in [-0.15, -0.1) is 0 Å². The quantitative estimate of drug-likeness (QED) is 0.756. The van der Waals surface area contributed by atoms with Crippen molar-refractivity contribution < 1.29 is 13.2 Å². The first-order chi connectivity index (χ1) is 7.33. The molecule has 0 bridgehead atoms. The first kappa shape index (κ1) is 12.9. The highest BCUT2D eigenvalue weighted by Crippen LogP contribution is 2.23. The molecule has 1 aromatic rings. The van der Waals surface area contributed by atoms with E-state index in [-0.39, 0.29) is 10.6 Å². The van der Waals surface area contributed by atoms with Crippen LogP contribution in [0.25, 0.3) is 0 Å². The van der Waals surface area contributed by atoms with Gasteiger partial charge in [0.25, 0.3) is 0 Å². The van der Waals surface area contributed by atoms with Gasteiger partial charge in [0.1, 0.15) is 6.29 Å². The Morgan fingerprint density at radius 2 is 1.94 bits per heavy atom. The molecule has 0 unspecified atom stereocenters. The number of rotatable bonds is 4. The molecule has 0 fully saturated rings. The molecule has 0 saturated heterocycles. The third-order valence-corrected chi connectivity index (χ3v) is 4.34. The summed E-state index contributed by atoms with van der Waals surface area (Å²) < 4.78 is 23.4. The topological polar surface area (TPSA) is 51.2 Å². The maximum Gasteiger partial charge on any atom is 0.178 e. The van der Waals surface area contributed by atoms with Crippen LogP contribution in [0.3, 0.4) is 0 Å². The molecule has 88 valence electrons. The Bertz CT molecular complexity index is 487. The molecule has 0 amide bonds. The smallest absolute Gasteiger partial charge is 0.178 e. The zero-order valence-electron chi connectivity index (χ0n) is 9.73. The van der Waals surface area contributed by atoms with Gasteiger partial charge in [-0.05, 0) is 31.5 Å². The van der Waals surface area contributed by atoms with Crippen LogP contribution >= 0.6 is 0 Å². The van der Waals surface area contributed by atoms with Gasteiger partial charge < -0.3 is 4.79 Å². The van der Waals surface area contributed by atoms with Crippen molar-refractivity contribution in [1.82, 2.24) is 0 Å². The monoisotopic (exact) mass is 240 g/mol. The van der Waals surface area contributed by atoms with Crippen molar-refractivity contribution in [3.63, 3.8) is 0 Å². The second-order valence-electron chi connectivity index (χ2n) is 4.27. The van der Waals surface area contributed by atoms with Gasteiger partial charge in [0, 0.05) is 5.41 Å². The van der Waals surface area contributed by atoms with E-state index in [1.54, 1.807) is 45.0 Å². The lowest BCUT2D eigenvalue weighted by atomic mass is 9.86. The Kier molecular flexibility index (Phi) is 3.53. The summed E-state index contributed by atoms with van der Waals surface area (Å²) in [6, 6.07) is 6.57. The highest BCUT2D eigenvalue weighted by atomic mass is 32.2. The lowest BCUT2D eigenvalue weighted by Gasteiger charge is -2.18. The van der Waals surface area contributed by atoms with Gasteiger partial charge >= 0.3 is 0 Å². The largest absolute Gasteiger partial charge is 0.302 e. The summed E-state index contributed by atoms with van der Waals surface area (Å²) in [4.78, 5) is 11.2. The third kappa shape index (κ3) is 2.50. The summed E-state index contributed by atoms with van der Waals surface area (Å²) in [6.07, 6.45) is 0.824. The van der Waals surface area contributed by atoms with Gasteiger partial charge in [0.05, 0.1) is 10.6 Å². The van der Waals surface area contributed by atoms with Crippen LogP contribution in [0.4, 0.5) is 0 Å². The fourth-order valence-corrected chi connectivity index (χ4v) is 2.25. The number of carbonyl (C=O) groups excluding carboxylic acids is 1. The predicted octanol–water partition coefficient (Wildman–Crippen LogP) is 1.96. The van der Waals surface area contributed by atoms with Gasteiger partial charge in [-0.3, -0.25) is 0 Å². The van der Waals surface area contributed by atoms with Gasteiger partial charge in [-0.2, -0.15) is 0 Å². The van der Waals surface area contributed by atoms with E-state index in [0.29, 0.717) is 0 Å². The van der Waals surface area contributed by atoms with Crippen LogP contribution in [-0.2, 0) is 20.0 Å². The van der Waals surface area contributed by atoms with Crippen molar-refractivity contribution in [2.75, 3.05) is 5.75 Å². The van der Waals surface area contributed by atoms with Crippen LogP contribution in [0.1, 0.15) is 26.3 Å². The SMILES string of the molecule is CCS(=O)(=O)c1cccc(C(C)(C)C=O)c1. The zero-order valence-corrected chi connectivity index (χ0v) is 10.5. The molecule has 0 aromatic heterocycles. The molecular weight excluding hydrogens is 224 g/mol. The average molecular weight is 240 g/mol. The first-order valence-electron chi connectivity index (χ1n) is 5.13. The summed E-state index contributed by atoms with van der Waals surface area (Å²) in [5, 5.41) is 0. The van der Waals surface area contributed by atoms with Gasteiger partial charge in [0.2, 0.25) is 0 Å². The molecule has 0 saturated carbocycles. The molecule has 0 atom stereocenters. The van der Waals surface area contributed by atoms with Crippen molar-refractivity contribution in [1.29, 1.82) is 0 Å². The van der Waals surface area contributed by atoms with Crippen LogP contribution in [0.5, 0.6) is 0 Å². The third-order valence-electron chi connectivity index (χ3n) is 2.61. The lowest BCUT2D eigenvalue weighted by molar-refractivity contribution is -0.111. The minimum Gasteiger partial charge on any atom is -0.302 e. The second kappa shape index (κ2) is 4.37. The molecular formula is C12H16O3S. The molecule has 0 N–H and O–H groups in total. The summed E-state index contributed by atoms with van der Waals surface area (Å²) in [5.41, 5.74) is 0.0660. The predicted molar refractivity (Wildman–Crippen MR) is 63.3 cm³/mol. The zero-order chi connectivity index (χ0) is 12.4. The van der Waals surface area contributed by atoms with E-state index in [1.165, 1.54) is 0 Å². The second-order valence-corrected chi connectivity index (χ2v) is 6.55. The molecule has 0 heterocycles. The van der Waals surface area contributed by atoms with Crippen molar-refractivity contribution in [3.8, 4) is 0 Å². The number of hydrogen-bond acceptors (Lipinski definition) is 3. The van der Waals surface area contributed by atoms with Crippen molar-refractivity contribution in [2.24, 2.45) is 0 Å². The summed E-state index contributed by atoms with van der Waals surface area (Å²) in [6.45, 7) is 5.13. The Morgan fingerprint density at radius 1 is 1.31 bits per heavy atom. The van der Waals surface area contributed by atoms with Crippen LogP contribution in [0.15, 0.2) is 29.2 Å². The van der Waals surface area contributed by atoms with E-state index in [2.05, 4.69) is 0 Å². The van der Waals surface area contributed by atoms with Gasteiger partial charge in [-0.25, -0.2) is 8.42 Å². The van der Waals surface area contributed by atoms with Gasteiger partial charge in [0.15, 0.2) is 9.84 Å². The summed E-state index contributed by atoms with van der Waals surface area (Å²) in [5.74, 6) is 0.0674. The first-order valence-corrected chi connectivity index (χ1v) is 6.78. The van der Waals surface area contributed by atoms with E-state index < -0.39 is 15.3 Å². The molecule has 0 aliphatic carbocycles. The number of sulfone groups is 1. The highest BCUT2D eigenvalue weighted by molar-refractivity contribution is 7.91. The van der Waals surface area contributed by atoms with Crippen molar-refractivity contribution in [2.45, 2.75) is 31.1 Å². The normalized spacial score (nSPS) is 12.4. The Morgan fingerprint density at radius 3 is 2.44 bits per heavy atom. The minimum atomic E-state index is -3.21. The minimum absolute atomic E-state index is 0.0674. The average Bonchev–Trinajstić information content (AvgIpc) is 2.29. The van der Waals surface area contributed by atoms with E-state index in [9.17, 15) is 13.2 Å². The molecule has 0 spiro atoms. The van der Waals surface area contributed by atoms with Crippen LogP contribution < -0.4 is 0 Å². The van der Waals surface area contributed by atoms with E-state index in [4.69, 9.17) is 0 Å². The van der Waals surface area contributed by atoms with Crippen molar-refractivity contribution >= 4 is 16.1 Å². The van der Waals surface area contributed by atoms with Crippen LogP contribution in [0.2, 0.25) is 0 Å². The molecule has 16 heavy (non-hydrogen) atoms. The molecule has 0 radical (unpaired) electrons. The number of benzene rings is 1. The maximum absolute atomic E-state index is 11.7. The summed E-state index contributed by atoms with van der Waals surface area (Å²) in [7, 11) is -3.21. The standard InChI is InChI=1S/C12H16O3S/c1-4-16(14,15)11-7-5-6-10(8-11)12(2,3)9-13/h5-9H,4H2,1-3H3. The lowest BCUT2D eigenvalue weighted by Crippen LogP contribution is -2.19. The molecule has 0 aliphatic heterocycles. The summed E-state index contributed by atoms with van der Waals surface area (Å²) >= 11 is 0. The van der Waals surface area contributed by atoms with Crippen LogP contribution in [0, 0.1) is 0 Å². The Balaban J connectivity index is 3.30. The van der Waals surface area contributed by atoms with E-state index >= 15 is 0 Å².